The average Bonchev–Trinajstić information content (AvgIpc) is 2.48. The minimum Gasteiger partial charge on any atom is -0.351 e. The smallest absolute Gasteiger partial charge is 0.223 e. The van der Waals surface area contributed by atoms with Crippen LogP contribution in [0.3, 0.4) is 0 Å². The van der Waals surface area contributed by atoms with Gasteiger partial charge in [0.2, 0.25) is 5.91 Å². The molecule has 1 aromatic carbocycles. The lowest BCUT2D eigenvalue weighted by molar-refractivity contribution is -0.128. The second-order valence-corrected chi connectivity index (χ2v) is 10.2. The van der Waals surface area contributed by atoms with E-state index < -0.39 is 0 Å². The van der Waals surface area contributed by atoms with Crippen LogP contribution in [-0.2, 0) is 11.3 Å². The van der Waals surface area contributed by atoms with Gasteiger partial charge in [-0.15, -0.1) is 0 Å². The number of amides is 1. The van der Waals surface area contributed by atoms with E-state index in [1.165, 1.54) is 0 Å². The highest BCUT2D eigenvalue weighted by molar-refractivity contribution is 6.35. The molecule has 0 aromatic heterocycles. The fourth-order valence-corrected chi connectivity index (χ4v) is 4.58. The largest absolute Gasteiger partial charge is 0.351 e. The first-order valence-electron chi connectivity index (χ1n) is 9.44. The second kappa shape index (κ2) is 8.50. The van der Waals surface area contributed by atoms with Gasteiger partial charge < -0.3 is 5.32 Å². The third-order valence-electron chi connectivity index (χ3n) is 4.84. The van der Waals surface area contributed by atoms with E-state index in [9.17, 15) is 4.79 Å². The van der Waals surface area contributed by atoms with E-state index in [2.05, 4.69) is 44.8 Å². The molecular formula is C21H32Cl2N2O. The number of hydrogen-bond acceptors (Lipinski definition) is 2. The average molecular weight is 399 g/mol. The van der Waals surface area contributed by atoms with Crippen LogP contribution in [0.1, 0.15) is 59.4 Å². The highest BCUT2D eigenvalue weighted by Gasteiger charge is 2.31. The number of carbonyl (C=O) groups excluding carboxylic acids is 1. The first kappa shape index (κ1) is 21.5. The SMILES string of the molecule is CC(C)(C)CC(C)(C)NC(=O)C1CCN(Cc2c(Cl)cccc2Cl)CC1. The van der Waals surface area contributed by atoms with E-state index in [1.54, 1.807) is 0 Å². The summed E-state index contributed by atoms with van der Waals surface area (Å²) in [5, 5.41) is 4.68. The predicted octanol–water partition coefficient (Wildman–Crippen LogP) is 5.54. The Labute approximate surface area is 168 Å². The van der Waals surface area contributed by atoms with Gasteiger partial charge in [-0.1, -0.05) is 50.0 Å². The highest BCUT2D eigenvalue weighted by Crippen LogP contribution is 2.29. The molecule has 1 saturated heterocycles. The molecule has 0 saturated carbocycles. The molecule has 3 nitrogen and oxygen atoms in total. The lowest BCUT2D eigenvalue weighted by Crippen LogP contribution is -2.49. The predicted molar refractivity (Wildman–Crippen MR) is 111 cm³/mol. The fourth-order valence-electron chi connectivity index (χ4n) is 4.07. The Morgan fingerprint density at radius 3 is 2.15 bits per heavy atom. The molecule has 0 atom stereocenters. The quantitative estimate of drug-likeness (QED) is 0.705. The molecule has 1 aliphatic rings. The maximum absolute atomic E-state index is 12.7. The number of carbonyl (C=O) groups is 1. The minimum atomic E-state index is -0.183. The molecule has 1 aromatic rings. The van der Waals surface area contributed by atoms with Gasteiger partial charge in [0.15, 0.2) is 0 Å². The van der Waals surface area contributed by atoms with Crippen LogP contribution in [0.4, 0.5) is 0 Å². The number of halogens is 2. The molecule has 2 rings (SSSR count). The second-order valence-electron chi connectivity index (χ2n) is 9.36. The molecule has 1 fully saturated rings. The van der Waals surface area contributed by atoms with Crippen LogP contribution in [0.25, 0.3) is 0 Å². The summed E-state index contributed by atoms with van der Waals surface area (Å²) in [4.78, 5) is 15.0. The van der Waals surface area contributed by atoms with Crippen molar-refractivity contribution in [1.82, 2.24) is 10.2 Å². The molecule has 146 valence electrons. The van der Waals surface area contributed by atoms with Crippen molar-refractivity contribution in [1.29, 1.82) is 0 Å². The van der Waals surface area contributed by atoms with Crippen molar-refractivity contribution in [3.05, 3.63) is 33.8 Å². The van der Waals surface area contributed by atoms with Crippen LogP contribution >= 0.6 is 23.2 Å². The zero-order chi connectivity index (χ0) is 19.5. The van der Waals surface area contributed by atoms with Gasteiger partial charge in [-0.05, 0) is 63.7 Å². The van der Waals surface area contributed by atoms with Crippen LogP contribution in [0.5, 0.6) is 0 Å². The number of piperidine rings is 1. The van der Waals surface area contributed by atoms with Gasteiger partial charge in [0.1, 0.15) is 0 Å². The summed E-state index contributed by atoms with van der Waals surface area (Å²) in [6.07, 6.45) is 2.70. The third kappa shape index (κ3) is 6.44. The first-order chi connectivity index (χ1) is 12.0. The lowest BCUT2D eigenvalue weighted by atomic mass is 9.81. The molecular weight excluding hydrogens is 367 g/mol. The van der Waals surface area contributed by atoms with Crippen molar-refractivity contribution in [3.8, 4) is 0 Å². The van der Waals surface area contributed by atoms with Gasteiger partial charge in [0.25, 0.3) is 0 Å². The summed E-state index contributed by atoms with van der Waals surface area (Å²) in [7, 11) is 0. The number of rotatable bonds is 5. The Morgan fingerprint density at radius 1 is 1.12 bits per heavy atom. The molecule has 5 heteroatoms. The van der Waals surface area contributed by atoms with Crippen LogP contribution in [-0.4, -0.2) is 29.4 Å². The Hall–Kier alpha value is -0.770. The van der Waals surface area contributed by atoms with Gasteiger partial charge in [-0.25, -0.2) is 0 Å². The summed E-state index contributed by atoms with van der Waals surface area (Å²) in [6.45, 7) is 13.4. The molecule has 0 spiro atoms. The number of nitrogens with zero attached hydrogens (tertiary/aromatic N) is 1. The van der Waals surface area contributed by atoms with Crippen LogP contribution < -0.4 is 5.32 Å². The van der Waals surface area contributed by atoms with Crippen molar-refractivity contribution >= 4 is 29.1 Å². The van der Waals surface area contributed by atoms with Gasteiger partial charge in [0, 0.05) is 33.6 Å². The lowest BCUT2D eigenvalue weighted by Gasteiger charge is -2.36. The van der Waals surface area contributed by atoms with Gasteiger partial charge >= 0.3 is 0 Å². The fraction of sp³-hybridized carbons (Fsp3) is 0.667. The maximum Gasteiger partial charge on any atom is 0.223 e. The summed E-state index contributed by atoms with van der Waals surface area (Å²) in [5.74, 6) is 0.280. The van der Waals surface area contributed by atoms with E-state index in [1.807, 2.05) is 18.2 Å². The molecule has 0 aliphatic carbocycles. The van der Waals surface area contributed by atoms with E-state index in [-0.39, 0.29) is 22.8 Å². The van der Waals surface area contributed by atoms with Crippen LogP contribution in [0.15, 0.2) is 18.2 Å². The van der Waals surface area contributed by atoms with Crippen molar-refractivity contribution < 1.29 is 4.79 Å². The molecule has 0 bridgehead atoms. The summed E-state index contributed by atoms with van der Waals surface area (Å²) >= 11 is 12.6. The number of benzene rings is 1. The molecule has 1 N–H and O–H groups in total. The first-order valence-corrected chi connectivity index (χ1v) is 10.2. The third-order valence-corrected chi connectivity index (χ3v) is 5.54. The minimum absolute atomic E-state index is 0.0900. The molecule has 26 heavy (non-hydrogen) atoms. The Balaban J connectivity index is 1.87. The molecule has 1 aliphatic heterocycles. The maximum atomic E-state index is 12.7. The summed E-state index contributed by atoms with van der Waals surface area (Å²) in [5.41, 5.74) is 0.983. The normalized spacial score (nSPS) is 17.3. The van der Waals surface area contributed by atoms with Gasteiger partial charge in [0.05, 0.1) is 0 Å². The van der Waals surface area contributed by atoms with E-state index in [0.29, 0.717) is 10.0 Å². The Morgan fingerprint density at radius 2 is 1.65 bits per heavy atom. The topological polar surface area (TPSA) is 32.3 Å². The summed E-state index contributed by atoms with van der Waals surface area (Å²) < 4.78 is 0. The van der Waals surface area contributed by atoms with Crippen LogP contribution in [0, 0.1) is 11.3 Å². The van der Waals surface area contributed by atoms with E-state index in [0.717, 1.165) is 44.5 Å². The Bertz CT molecular complexity index is 609. The van der Waals surface area contributed by atoms with Gasteiger partial charge in [-0.2, -0.15) is 0 Å². The van der Waals surface area contributed by atoms with Crippen molar-refractivity contribution in [2.75, 3.05) is 13.1 Å². The number of nitrogens with one attached hydrogen (secondary N) is 1. The Kier molecular flexibility index (Phi) is 7.04. The zero-order valence-electron chi connectivity index (χ0n) is 16.7. The monoisotopic (exact) mass is 398 g/mol. The van der Waals surface area contributed by atoms with Crippen molar-refractivity contribution in [2.45, 2.75) is 66.0 Å². The van der Waals surface area contributed by atoms with Gasteiger partial charge in [-0.3, -0.25) is 9.69 Å². The van der Waals surface area contributed by atoms with Crippen molar-refractivity contribution in [3.63, 3.8) is 0 Å². The molecule has 1 heterocycles. The molecule has 1 amide bonds. The molecule has 0 radical (unpaired) electrons. The highest BCUT2D eigenvalue weighted by atomic mass is 35.5. The number of hydrogen-bond donors (Lipinski definition) is 1. The zero-order valence-corrected chi connectivity index (χ0v) is 18.2. The summed E-state index contributed by atoms with van der Waals surface area (Å²) in [6, 6.07) is 5.62. The van der Waals surface area contributed by atoms with Crippen molar-refractivity contribution in [2.24, 2.45) is 11.3 Å². The van der Waals surface area contributed by atoms with Crippen LogP contribution in [0.2, 0.25) is 10.0 Å². The van der Waals surface area contributed by atoms with E-state index >= 15 is 0 Å². The standard InChI is InChI=1S/C21H32Cl2N2O/c1-20(2,3)14-21(4,5)24-19(26)15-9-11-25(12-10-15)13-16-17(22)7-6-8-18(16)23/h6-8,15H,9-14H2,1-5H3,(H,24,26). The number of likely N-dealkylation sites (tertiary alicyclic amines) is 1. The molecule has 0 unspecified atom stereocenters. The van der Waals surface area contributed by atoms with E-state index in [4.69, 9.17) is 23.2 Å².